The lowest BCUT2D eigenvalue weighted by molar-refractivity contribution is 0.580. The van der Waals surface area contributed by atoms with Gasteiger partial charge in [-0.3, -0.25) is 5.10 Å². The van der Waals surface area contributed by atoms with Crippen molar-refractivity contribution < 1.29 is 0 Å². The fourth-order valence-corrected chi connectivity index (χ4v) is 1.34. The number of nitrogens with one attached hydrogen (secondary N) is 2. The molecule has 0 amide bonds. The van der Waals surface area contributed by atoms with E-state index in [1.807, 2.05) is 6.92 Å². The van der Waals surface area contributed by atoms with Gasteiger partial charge in [-0.25, -0.2) is 0 Å². The monoisotopic (exact) mass is 203 g/mol. The molecule has 0 bridgehead atoms. The predicted octanol–water partition coefficient (Wildman–Crippen LogP) is -0.0555. The van der Waals surface area contributed by atoms with E-state index in [9.17, 15) is 0 Å². The summed E-state index contributed by atoms with van der Waals surface area (Å²) in [6.07, 6.45) is 0. The minimum atomic E-state index is 0. The minimum Gasteiger partial charge on any atom is -0.337 e. The molecule has 0 radical (unpaired) electrons. The first kappa shape index (κ1) is 10.3. The van der Waals surface area contributed by atoms with Crippen molar-refractivity contribution in [1.29, 1.82) is 0 Å². The lowest BCUT2D eigenvalue weighted by Crippen LogP contribution is -2.44. The van der Waals surface area contributed by atoms with Crippen molar-refractivity contribution >= 4 is 18.4 Å². The topological polar surface area (TPSA) is 56.8 Å². The van der Waals surface area contributed by atoms with Gasteiger partial charge in [0.1, 0.15) is 5.82 Å². The van der Waals surface area contributed by atoms with Crippen LogP contribution in [0.25, 0.3) is 0 Å². The Hall–Kier alpha value is -0.810. The number of piperazine rings is 1. The zero-order chi connectivity index (χ0) is 8.39. The summed E-state index contributed by atoms with van der Waals surface area (Å²) >= 11 is 0. The maximum absolute atomic E-state index is 4.27. The Morgan fingerprint density at radius 2 is 2.00 bits per heavy atom. The van der Waals surface area contributed by atoms with Crippen LogP contribution in [-0.2, 0) is 0 Å². The highest BCUT2D eigenvalue weighted by Gasteiger charge is 2.13. The van der Waals surface area contributed by atoms with Gasteiger partial charge in [0.2, 0.25) is 5.95 Å². The van der Waals surface area contributed by atoms with E-state index >= 15 is 0 Å². The molecule has 0 saturated carbocycles. The van der Waals surface area contributed by atoms with Gasteiger partial charge in [-0.05, 0) is 6.92 Å². The van der Waals surface area contributed by atoms with Gasteiger partial charge in [0.25, 0.3) is 0 Å². The van der Waals surface area contributed by atoms with Crippen molar-refractivity contribution in [3.05, 3.63) is 5.82 Å². The number of H-pyrrole nitrogens is 1. The summed E-state index contributed by atoms with van der Waals surface area (Å²) in [5.41, 5.74) is 0. The third-order valence-corrected chi connectivity index (χ3v) is 1.99. The molecule has 1 aliphatic rings. The van der Waals surface area contributed by atoms with Crippen LogP contribution in [0.15, 0.2) is 0 Å². The second-order valence-corrected chi connectivity index (χ2v) is 2.96. The van der Waals surface area contributed by atoms with Crippen LogP contribution < -0.4 is 10.2 Å². The van der Waals surface area contributed by atoms with E-state index in [-0.39, 0.29) is 12.4 Å². The van der Waals surface area contributed by atoms with E-state index in [1.54, 1.807) is 0 Å². The molecule has 0 aliphatic carbocycles. The summed E-state index contributed by atoms with van der Waals surface area (Å²) < 4.78 is 0. The Morgan fingerprint density at radius 1 is 1.31 bits per heavy atom. The Labute approximate surface area is 83.3 Å². The Morgan fingerprint density at radius 3 is 2.54 bits per heavy atom. The smallest absolute Gasteiger partial charge is 0.244 e. The van der Waals surface area contributed by atoms with Gasteiger partial charge in [-0.2, -0.15) is 4.98 Å². The Kier molecular flexibility index (Phi) is 3.50. The minimum absolute atomic E-state index is 0. The van der Waals surface area contributed by atoms with Gasteiger partial charge < -0.3 is 10.2 Å². The molecule has 1 fully saturated rings. The molecule has 0 atom stereocenters. The first-order valence-electron chi connectivity index (χ1n) is 4.21. The average molecular weight is 204 g/mol. The molecule has 2 heterocycles. The summed E-state index contributed by atoms with van der Waals surface area (Å²) in [7, 11) is 0. The summed E-state index contributed by atoms with van der Waals surface area (Å²) in [6.45, 7) is 5.95. The summed E-state index contributed by atoms with van der Waals surface area (Å²) in [4.78, 5) is 6.45. The van der Waals surface area contributed by atoms with Gasteiger partial charge in [0.15, 0.2) is 0 Å². The van der Waals surface area contributed by atoms with E-state index in [1.165, 1.54) is 0 Å². The lowest BCUT2D eigenvalue weighted by Gasteiger charge is -2.25. The van der Waals surface area contributed by atoms with Gasteiger partial charge >= 0.3 is 0 Å². The van der Waals surface area contributed by atoms with Crippen molar-refractivity contribution in [2.45, 2.75) is 6.92 Å². The number of nitrogens with zero attached hydrogens (tertiary/aromatic N) is 3. The number of aromatic amines is 1. The van der Waals surface area contributed by atoms with Gasteiger partial charge in [-0.15, -0.1) is 17.5 Å². The highest BCUT2D eigenvalue weighted by Crippen LogP contribution is 2.06. The van der Waals surface area contributed by atoms with Crippen LogP contribution in [0, 0.1) is 6.92 Å². The first-order chi connectivity index (χ1) is 5.86. The number of aryl methyl sites for hydroxylation is 1. The molecule has 74 valence electrons. The van der Waals surface area contributed by atoms with Crippen LogP contribution in [0.2, 0.25) is 0 Å². The summed E-state index contributed by atoms with van der Waals surface area (Å²) in [5.74, 6) is 1.71. The summed E-state index contributed by atoms with van der Waals surface area (Å²) in [6, 6.07) is 0. The molecule has 1 aliphatic heterocycles. The van der Waals surface area contributed by atoms with Crippen LogP contribution >= 0.6 is 12.4 Å². The SMILES string of the molecule is Cc1nc(N2CCNCC2)n[nH]1.Cl. The number of halogens is 1. The zero-order valence-electron chi connectivity index (χ0n) is 7.58. The predicted molar refractivity (Wildman–Crippen MR) is 53.5 cm³/mol. The maximum atomic E-state index is 4.27. The van der Waals surface area contributed by atoms with Crippen LogP contribution in [0.3, 0.4) is 0 Å². The molecule has 2 rings (SSSR count). The van der Waals surface area contributed by atoms with E-state index < -0.39 is 0 Å². The molecule has 5 nitrogen and oxygen atoms in total. The number of hydrogen-bond donors (Lipinski definition) is 2. The molecule has 0 unspecified atom stereocenters. The molecule has 0 spiro atoms. The Balaban J connectivity index is 0.000000845. The maximum Gasteiger partial charge on any atom is 0.244 e. The normalized spacial score (nSPS) is 16.8. The molecule has 2 N–H and O–H groups in total. The number of aromatic nitrogens is 3. The summed E-state index contributed by atoms with van der Waals surface area (Å²) in [5, 5.41) is 10.2. The fourth-order valence-electron chi connectivity index (χ4n) is 1.34. The van der Waals surface area contributed by atoms with E-state index in [0.717, 1.165) is 38.0 Å². The largest absolute Gasteiger partial charge is 0.337 e. The molecule has 1 aromatic rings. The van der Waals surface area contributed by atoms with E-state index in [0.29, 0.717) is 0 Å². The molecule has 6 heteroatoms. The molecule has 1 aromatic heterocycles. The van der Waals surface area contributed by atoms with Crippen molar-refractivity contribution in [1.82, 2.24) is 20.5 Å². The van der Waals surface area contributed by atoms with Crippen LogP contribution in [0.5, 0.6) is 0 Å². The standard InChI is InChI=1S/C7H13N5.ClH/c1-6-9-7(11-10-6)12-4-2-8-3-5-12;/h8H,2-5H2,1H3,(H,9,10,11);1H. The highest BCUT2D eigenvalue weighted by molar-refractivity contribution is 5.85. The third kappa shape index (κ3) is 2.32. The van der Waals surface area contributed by atoms with E-state index in [4.69, 9.17) is 0 Å². The highest BCUT2D eigenvalue weighted by atomic mass is 35.5. The van der Waals surface area contributed by atoms with Crippen molar-refractivity contribution in [3.8, 4) is 0 Å². The number of rotatable bonds is 1. The first-order valence-corrected chi connectivity index (χ1v) is 4.21. The molecule has 0 aromatic carbocycles. The average Bonchev–Trinajstić information content (AvgIpc) is 2.54. The number of anilines is 1. The second kappa shape index (κ2) is 4.43. The van der Waals surface area contributed by atoms with Gasteiger partial charge in [0.05, 0.1) is 0 Å². The molecule has 1 saturated heterocycles. The van der Waals surface area contributed by atoms with Crippen LogP contribution in [0.4, 0.5) is 5.95 Å². The van der Waals surface area contributed by atoms with Gasteiger partial charge in [-0.1, -0.05) is 0 Å². The quantitative estimate of drug-likeness (QED) is 0.672. The molecular weight excluding hydrogens is 190 g/mol. The second-order valence-electron chi connectivity index (χ2n) is 2.96. The molecular formula is C7H14ClN5. The van der Waals surface area contributed by atoms with Crippen LogP contribution in [-0.4, -0.2) is 41.4 Å². The number of hydrogen-bond acceptors (Lipinski definition) is 4. The van der Waals surface area contributed by atoms with Crippen molar-refractivity contribution in [2.24, 2.45) is 0 Å². The van der Waals surface area contributed by atoms with E-state index in [2.05, 4.69) is 25.4 Å². The van der Waals surface area contributed by atoms with Crippen molar-refractivity contribution in [3.63, 3.8) is 0 Å². The molecule has 13 heavy (non-hydrogen) atoms. The lowest BCUT2D eigenvalue weighted by atomic mass is 10.4. The zero-order valence-corrected chi connectivity index (χ0v) is 8.39. The fraction of sp³-hybridized carbons (Fsp3) is 0.714. The Bertz CT molecular complexity index is 255. The van der Waals surface area contributed by atoms with Crippen LogP contribution in [0.1, 0.15) is 5.82 Å². The van der Waals surface area contributed by atoms with Crippen molar-refractivity contribution in [2.75, 3.05) is 31.1 Å². The van der Waals surface area contributed by atoms with Gasteiger partial charge in [0, 0.05) is 26.2 Å². The third-order valence-electron chi connectivity index (χ3n) is 1.99.